The Balaban J connectivity index is 0.000000487. The predicted octanol–water partition coefficient (Wildman–Crippen LogP) is 2.62. The molecule has 1 aromatic heterocycles. The number of carbonyl (C=O) groups is 2. The molecule has 0 amide bonds. The summed E-state index contributed by atoms with van der Waals surface area (Å²) in [4.78, 5) is 20.5. The van der Waals surface area contributed by atoms with Gasteiger partial charge in [-0.1, -0.05) is 26.3 Å². The smallest absolute Gasteiger partial charge is 0.414 e. The minimum Gasteiger partial charge on any atom is -0.475 e. The molecule has 1 aliphatic heterocycles. The van der Waals surface area contributed by atoms with E-state index >= 15 is 0 Å². The summed E-state index contributed by atoms with van der Waals surface area (Å²) in [7, 11) is 2.14. The molecule has 146 valence electrons. The first-order chi connectivity index (χ1) is 12.3. The van der Waals surface area contributed by atoms with Crippen LogP contribution in [0.15, 0.2) is 6.08 Å². The molecule has 0 spiro atoms. The lowest BCUT2D eigenvalue weighted by atomic mass is 10.0. The van der Waals surface area contributed by atoms with Crippen molar-refractivity contribution >= 4 is 29.2 Å². The molecule has 0 aliphatic carbocycles. The van der Waals surface area contributed by atoms with Crippen molar-refractivity contribution in [3.63, 3.8) is 0 Å². The van der Waals surface area contributed by atoms with Crippen LogP contribution in [0, 0.1) is 5.92 Å². The largest absolute Gasteiger partial charge is 0.475 e. The number of carboxylic acid groups (broad SMARTS) is 2. The number of aromatic nitrogens is 2. The van der Waals surface area contributed by atoms with E-state index in [1.54, 1.807) is 0 Å². The molecular weight excluding hydrogens is 358 g/mol. The van der Waals surface area contributed by atoms with Gasteiger partial charge in [0.1, 0.15) is 5.69 Å². The molecule has 2 N–H and O–H groups in total. The van der Waals surface area contributed by atoms with E-state index in [2.05, 4.69) is 40.6 Å². The molecular formula is C17H27N3O5S. The molecule has 2 heterocycles. The Kier molecular flexibility index (Phi) is 9.82. The Hall–Kier alpha value is -2.00. The number of ether oxygens (including phenoxy) is 1. The van der Waals surface area contributed by atoms with Crippen LogP contribution < -0.4 is 4.74 Å². The molecule has 0 fully saturated rings. The van der Waals surface area contributed by atoms with E-state index < -0.39 is 11.9 Å². The number of likely N-dealkylation sites (N-methyl/N-ethyl adjacent to an activating group) is 1. The summed E-state index contributed by atoms with van der Waals surface area (Å²) in [5.74, 6) is -2.15. The Labute approximate surface area is 157 Å². The second kappa shape index (κ2) is 11.6. The molecule has 0 radical (unpaired) electrons. The zero-order chi connectivity index (χ0) is 19.5. The molecule has 1 aliphatic rings. The van der Waals surface area contributed by atoms with Crippen LogP contribution >= 0.6 is 11.7 Å². The lowest BCUT2D eigenvalue weighted by Gasteiger charge is -2.22. The lowest BCUT2D eigenvalue weighted by Crippen LogP contribution is -2.25. The highest BCUT2D eigenvalue weighted by Gasteiger charge is 2.18. The second-order valence-electron chi connectivity index (χ2n) is 6.29. The van der Waals surface area contributed by atoms with Crippen molar-refractivity contribution in [1.82, 2.24) is 13.6 Å². The maximum absolute atomic E-state index is 9.10. The van der Waals surface area contributed by atoms with Gasteiger partial charge in [-0.2, -0.15) is 4.37 Å². The number of hydrogen-bond donors (Lipinski definition) is 2. The van der Waals surface area contributed by atoms with Gasteiger partial charge in [0.05, 0.1) is 18.3 Å². The fourth-order valence-corrected chi connectivity index (χ4v) is 2.87. The van der Waals surface area contributed by atoms with Crippen molar-refractivity contribution < 1.29 is 24.5 Å². The quantitative estimate of drug-likeness (QED) is 0.544. The summed E-state index contributed by atoms with van der Waals surface area (Å²) in [5.41, 5.74) is 2.20. The van der Waals surface area contributed by atoms with Crippen LogP contribution in [0.5, 0.6) is 5.88 Å². The number of carboxylic acids is 2. The maximum Gasteiger partial charge on any atom is 0.414 e. The molecule has 0 aromatic carbocycles. The van der Waals surface area contributed by atoms with E-state index in [9.17, 15) is 0 Å². The molecule has 2 rings (SSSR count). The van der Waals surface area contributed by atoms with Gasteiger partial charge in [0.2, 0.25) is 0 Å². The van der Waals surface area contributed by atoms with Gasteiger partial charge in [-0.05, 0) is 37.8 Å². The first kappa shape index (κ1) is 22.0. The van der Waals surface area contributed by atoms with Crippen LogP contribution in [0.2, 0.25) is 0 Å². The molecule has 1 atom stereocenters. The highest BCUT2D eigenvalue weighted by molar-refractivity contribution is 6.99. The van der Waals surface area contributed by atoms with Crippen molar-refractivity contribution in [3.05, 3.63) is 11.8 Å². The highest BCUT2D eigenvalue weighted by Crippen LogP contribution is 2.27. The molecule has 1 aromatic rings. The Morgan fingerprint density at radius 3 is 2.62 bits per heavy atom. The van der Waals surface area contributed by atoms with Crippen molar-refractivity contribution in [3.8, 4) is 5.88 Å². The van der Waals surface area contributed by atoms with Crippen molar-refractivity contribution in [2.24, 2.45) is 5.92 Å². The van der Waals surface area contributed by atoms with Gasteiger partial charge < -0.3 is 19.8 Å². The third-order valence-electron chi connectivity index (χ3n) is 4.06. The maximum atomic E-state index is 9.10. The fraction of sp³-hybridized carbons (Fsp3) is 0.647. The summed E-state index contributed by atoms with van der Waals surface area (Å²) in [6.07, 6.45) is 6.89. The number of aliphatic carboxylic acids is 2. The van der Waals surface area contributed by atoms with Crippen LogP contribution in [0.4, 0.5) is 0 Å². The molecule has 0 saturated heterocycles. The van der Waals surface area contributed by atoms with Gasteiger partial charge in [0.15, 0.2) is 0 Å². The molecule has 9 heteroatoms. The Bertz CT molecular complexity index is 605. The highest BCUT2D eigenvalue weighted by atomic mass is 32.1. The van der Waals surface area contributed by atoms with Gasteiger partial charge in [-0.15, -0.1) is 4.37 Å². The van der Waals surface area contributed by atoms with E-state index in [0.717, 1.165) is 50.0 Å². The third kappa shape index (κ3) is 7.92. The summed E-state index contributed by atoms with van der Waals surface area (Å²) < 4.78 is 14.6. The van der Waals surface area contributed by atoms with Gasteiger partial charge >= 0.3 is 11.9 Å². The molecule has 0 saturated carbocycles. The van der Waals surface area contributed by atoms with Crippen molar-refractivity contribution in [2.75, 3.05) is 26.7 Å². The van der Waals surface area contributed by atoms with E-state index in [0.29, 0.717) is 0 Å². The molecule has 8 nitrogen and oxygen atoms in total. The van der Waals surface area contributed by atoms with Crippen LogP contribution in [-0.2, 0) is 9.59 Å². The normalized spacial score (nSPS) is 15.4. The van der Waals surface area contributed by atoms with Crippen LogP contribution in [0.3, 0.4) is 0 Å². The van der Waals surface area contributed by atoms with E-state index in [1.807, 2.05) is 0 Å². The van der Waals surface area contributed by atoms with Crippen molar-refractivity contribution in [2.45, 2.75) is 39.5 Å². The van der Waals surface area contributed by atoms with Gasteiger partial charge in [-0.3, -0.25) is 0 Å². The average Bonchev–Trinajstić information content (AvgIpc) is 3.07. The summed E-state index contributed by atoms with van der Waals surface area (Å²) in [5, 5.41) is 14.8. The SMILES string of the molecule is CCC(C)CCCOc1nsnc1C1=CCCN(C)C1.O=C(O)C(=O)O. The number of hydrogen-bond acceptors (Lipinski definition) is 7. The van der Waals surface area contributed by atoms with Crippen molar-refractivity contribution in [1.29, 1.82) is 0 Å². The topological polar surface area (TPSA) is 113 Å². The van der Waals surface area contributed by atoms with Crippen LogP contribution in [0.1, 0.15) is 45.2 Å². The molecule has 0 bridgehead atoms. The minimum absolute atomic E-state index is 0.723. The Morgan fingerprint density at radius 1 is 1.35 bits per heavy atom. The third-order valence-corrected chi connectivity index (χ3v) is 4.58. The summed E-state index contributed by atoms with van der Waals surface area (Å²) in [6.45, 7) is 7.32. The lowest BCUT2D eigenvalue weighted by molar-refractivity contribution is -0.159. The second-order valence-corrected chi connectivity index (χ2v) is 6.82. The monoisotopic (exact) mass is 385 g/mol. The predicted molar refractivity (Wildman–Crippen MR) is 99.5 cm³/mol. The first-order valence-corrected chi connectivity index (χ1v) is 9.37. The van der Waals surface area contributed by atoms with Gasteiger partial charge in [-0.25, -0.2) is 9.59 Å². The minimum atomic E-state index is -1.82. The van der Waals surface area contributed by atoms with Crippen LogP contribution in [-0.4, -0.2) is 62.5 Å². The van der Waals surface area contributed by atoms with E-state index in [-0.39, 0.29) is 0 Å². The van der Waals surface area contributed by atoms with E-state index in [4.69, 9.17) is 24.5 Å². The fourth-order valence-electron chi connectivity index (χ4n) is 2.34. The standard InChI is InChI=1S/C15H25N3OS.C2H2O4/c1-4-12(2)7-6-10-19-15-14(16-20-17-15)13-8-5-9-18(3)11-13;3-1(4)2(5)6/h8,12H,4-7,9-11H2,1-3H3;(H,3,4)(H,5,6). The number of rotatable bonds is 7. The van der Waals surface area contributed by atoms with Gasteiger partial charge in [0, 0.05) is 13.1 Å². The Morgan fingerprint density at radius 2 is 2.04 bits per heavy atom. The molecule has 26 heavy (non-hydrogen) atoms. The number of nitrogens with zero attached hydrogens (tertiary/aromatic N) is 3. The first-order valence-electron chi connectivity index (χ1n) is 8.64. The summed E-state index contributed by atoms with van der Waals surface area (Å²) in [6, 6.07) is 0. The van der Waals surface area contributed by atoms with E-state index in [1.165, 1.54) is 30.1 Å². The summed E-state index contributed by atoms with van der Waals surface area (Å²) >= 11 is 1.25. The zero-order valence-electron chi connectivity index (χ0n) is 15.5. The average molecular weight is 385 g/mol. The molecule has 1 unspecified atom stereocenters. The van der Waals surface area contributed by atoms with Gasteiger partial charge in [0.25, 0.3) is 5.88 Å². The van der Waals surface area contributed by atoms with Crippen LogP contribution in [0.25, 0.3) is 5.57 Å². The zero-order valence-corrected chi connectivity index (χ0v) is 16.3.